The molecule has 3 nitrogen and oxygen atoms in total. The van der Waals surface area contributed by atoms with Crippen LogP contribution in [0.4, 0.5) is 5.13 Å². The summed E-state index contributed by atoms with van der Waals surface area (Å²) in [4.78, 5) is 8.56. The molecule has 0 aliphatic heterocycles. The third-order valence-corrected chi connectivity index (χ3v) is 4.45. The number of thiazole rings is 1. The SMILES string of the molecule is CCNCc1sc(N(C)C(C)C)nc1C1CC1. The topological polar surface area (TPSA) is 28.2 Å². The second-order valence-corrected chi connectivity index (χ2v) is 6.13. The van der Waals surface area contributed by atoms with Gasteiger partial charge in [-0.1, -0.05) is 6.92 Å². The Balaban J connectivity index is 2.17. The number of nitrogens with zero attached hydrogens (tertiary/aromatic N) is 2. The van der Waals surface area contributed by atoms with Gasteiger partial charge in [0.2, 0.25) is 0 Å². The zero-order valence-corrected chi connectivity index (χ0v) is 12.1. The maximum Gasteiger partial charge on any atom is 0.185 e. The van der Waals surface area contributed by atoms with Crippen LogP contribution < -0.4 is 10.2 Å². The minimum absolute atomic E-state index is 0.514. The van der Waals surface area contributed by atoms with E-state index in [1.165, 1.54) is 28.5 Å². The zero-order valence-electron chi connectivity index (χ0n) is 11.3. The summed E-state index contributed by atoms with van der Waals surface area (Å²) in [5.74, 6) is 0.745. The maximum atomic E-state index is 4.85. The molecule has 1 fully saturated rings. The lowest BCUT2D eigenvalue weighted by Gasteiger charge is -2.19. The van der Waals surface area contributed by atoms with Crippen molar-refractivity contribution >= 4 is 16.5 Å². The lowest BCUT2D eigenvalue weighted by Crippen LogP contribution is -2.25. The number of anilines is 1. The van der Waals surface area contributed by atoms with Crippen molar-refractivity contribution in [3.8, 4) is 0 Å². The molecule has 1 saturated carbocycles. The molecule has 0 unspecified atom stereocenters. The van der Waals surface area contributed by atoms with E-state index in [0.717, 1.165) is 19.0 Å². The molecule has 0 saturated heterocycles. The highest BCUT2D eigenvalue weighted by molar-refractivity contribution is 7.15. The van der Waals surface area contributed by atoms with E-state index in [1.807, 2.05) is 11.3 Å². The van der Waals surface area contributed by atoms with Gasteiger partial charge in [0.25, 0.3) is 0 Å². The molecule has 1 heterocycles. The van der Waals surface area contributed by atoms with E-state index in [9.17, 15) is 0 Å². The first-order chi connectivity index (χ1) is 8.13. The molecule has 0 amide bonds. The molecular weight excluding hydrogens is 230 g/mol. The number of hydrogen-bond acceptors (Lipinski definition) is 4. The normalized spacial score (nSPS) is 15.6. The smallest absolute Gasteiger partial charge is 0.185 e. The second-order valence-electron chi connectivity index (χ2n) is 5.06. The summed E-state index contributed by atoms with van der Waals surface area (Å²) >= 11 is 1.86. The van der Waals surface area contributed by atoms with Gasteiger partial charge in [0.05, 0.1) is 5.69 Å². The van der Waals surface area contributed by atoms with Crippen molar-refractivity contribution in [1.82, 2.24) is 10.3 Å². The average Bonchev–Trinajstić information content (AvgIpc) is 3.06. The van der Waals surface area contributed by atoms with Crippen molar-refractivity contribution in [2.45, 2.75) is 52.1 Å². The summed E-state index contributed by atoms with van der Waals surface area (Å²) < 4.78 is 0. The molecule has 1 aromatic heterocycles. The highest BCUT2D eigenvalue weighted by atomic mass is 32.1. The molecule has 0 atom stereocenters. The molecule has 0 aromatic carbocycles. The minimum atomic E-state index is 0.514. The van der Waals surface area contributed by atoms with Crippen molar-refractivity contribution < 1.29 is 0 Å². The van der Waals surface area contributed by atoms with Crippen LogP contribution in [0.3, 0.4) is 0 Å². The Kier molecular flexibility index (Phi) is 4.05. The number of hydrogen-bond donors (Lipinski definition) is 1. The Morgan fingerprint density at radius 1 is 1.47 bits per heavy atom. The number of nitrogens with one attached hydrogen (secondary N) is 1. The van der Waals surface area contributed by atoms with E-state index >= 15 is 0 Å². The molecule has 0 bridgehead atoms. The molecule has 0 spiro atoms. The Labute approximate surface area is 108 Å². The molecular formula is C13H23N3S. The fraction of sp³-hybridized carbons (Fsp3) is 0.769. The third-order valence-electron chi connectivity index (χ3n) is 3.29. The first-order valence-electron chi connectivity index (χ1n) is 6.56. The molecule has 1 N–H and O–H groups in total. The van der Waals surface area contributed by atoms with Gasteiger partial charge in [-0.2, -0.15) is 0 Å². The van der Waals surface area contributed by atoms with Gasteiger partial charge in [-0.25, -0.2) is 4.98 Å². The van der Waals surface area contributed by atoms with Gasteiger partial charge >= 0.3 is 0 Å². The van der Waals surface area contributed by atoms with Crippen LogP contribution in [0.1, 0.15) is 50.1 Å². The van der Waals surface area contributed by atoms with E-state index in [2.05, 4.69) is 38.0 Å². The van der Waals surface area contributed by atoms with Gasteiger partial charge < -0.3 is 10.2 Å². The summed E-state index contributed by atoms with van der Waals surface area (Å²) in [6.45, 7) is 8.58. The van der Waals surface area contributed by atoms with Gasteiger partial charge in [-0.05, 0) is 33.2 Å². The average molecular weight is 253 g/mol. The quantitative estimate of drug-likeness (QED) is 0.845. The van der Waals surface area contributed by atoms with Crippen molar-refractivity contribution in [1.29, 1.82) is 0 Å². The van der Waals surface area contributed by atoms with Gasteiger partial charge in [-0.3, -0.25) is 0 Å². The highest BCUT2D eigenvalue weighted by Gasteiger charge is 2.30. The predicted octanol–water partition coefficient (Wildman–Crippen LogP) is 2.97. The molecule has 4 heteroatoms. The van der Waals surface area contributed by atoms with E-state index in [0.29, 0.717) is 6.04 Å². The standard InChI is InChI=1S/C13H23N3S/c1-5-14-8-11-12(10-6-7-10)15-13(17-11)16(4)9(2)3/h9-10,14H,5-8H2,1-4H3. The number of aromatic nitrogens is 1. The molecule has 1 aliphatic rings. The van der Waals surface area contributed by atoms with Crippen LogP contribution in [0.15, 0.2) is 0 Å². The van der Waals surface area contributed by atoms with E-state index < -0.39 is 0 Å². The van der Waals surface area contributed by atoms with Crippen LogP contribution in [-0.4, -0.2) is 24.6 Å². The van der Waals surface area contributed by atoms with Crippen LogP contribution in [0.25, 0.3) is 0 Å². The summed E-state index contributed by atoms with van der Waals surface area (Å²) in [6, 6.07) is 0.514. The van der Waals surface area contributed by atoms with Gasteiger partial charge in [0.15, 0.2) is 5.13 Å². The largest absolute Gasteiger partial charge is 0.349 e. The first-order valence-corrected chi connectivity index (χ1v) is 7.38. The van der Waals surface area contributed by atoms with Gasteiger partial charge in [-0.15, -0.1) is 11.3 Å². The van der Waals surface area contributed by atoms with Gasteiger partial charge in [0, 0.05) is 30.4 Å². The molecule has 1 aliphatic carbocycles. The van der Waals surface area contributed by atoms with Crippen LogP contribution in [-0.2, 0) is 6.54 Å². The van der Waals surface area contributed by atoms with Crippen LogP contribution in [0.2, 0.25) is 0 Å². The van der Waals surface area contributed by atoms with E-state index in [4.69, 9.17) is 4.98 Å². The van der Waals surface area contributed by atoms with Gasteiger partial charge in [0.1, 0.15) is 0 Å². The molecule has 2 rings (SSSR count). The lowest BCUT2D eigenvalue weighted by molar-refractivity contribution is 0.725. The fourth-order valence-corrected chi connectivity index (χ4v) is 2.97. The Morgan fingerprint density at radius 3 is 2.71 bits per heavy atom. The Morgan fingerprint density at radius 2 is 2.18 bits per heavy atom. The Bertz CT molecular complexity index is 369. The first kappa shape index (κ1) is 12.8. The van der Waals surface area contributed by atoms with E-state index in [-0.39, 0.29) is 0 Å². The van der Waals surface area contributed by atoms with Crippen molar-refractivity contribution in [2.75, 3.05) is 18.5 Å². The van der Waals surface area contributed by atoms with Crippen molar-refractivity contribution in [3.05, 3.63) is 10.6 Å². The third kappa shape index (κ3) is 2.99. The molecule has 1 aromatic rings. The Hall–Kier alpha value is -0.610. The summed E-state index contributed by atoms with van der Waals surface area (Å²) in [7, 11) is 2.14. The summed E-state index contributed by atoms with van der Waals surface area (Å²) in [5.41, 5.74) is 1.36. The number of rotatable bonds is 6. The van der Waals surface area contributed by atoms with Crippen LogP contribution >= 0.6 is 11.3 Å². The van der Waals surface area contributed by atoms with Crippen molar-refractivity contribution in [3.63, 3.8) is 0 Å². The van der Waals surface area contributed by atoms with E-state index in [1.54, 1.807) is 0 Å². The molecule has 0 radical (unpaired) electrons. The monoisotopic (exact) mass is 253 g/mol. The summed E-state index contributed by atoms with van der Waals surface area (Å²) in [5, 5.41) is 4.60. The van der Waals surface area contributed by atoms with Crippen LogP contribution in [0.5, 0.6) is 0 Å². The minimum Gasteiger partial charge on any atom is -0.349 e. The predicted molar refractivity (Wildman–Crippen MR) is 75.0 cm³/mol. The maximum absolute atomic E-state index is 4.85. The molecule has 17 heavy (non-hydrogen) atoms. The fourth-order valence-electron chi connectivity index (χ4n) is 1.76. The lowest BCUT2D eigenvalue weighted by atomic mass is 10.2. The van der Waals surface area contributed by atoms with Crippen LogP contribution in [0, 0.1) is 0 Å². The second kappa shape index (κ2) is 5.36. The zero-order chi connectivity index (χ0) is 12.4. The highest BCUT2D eigenvalue weighted by Crippen LogP contribution is 2.44. The summed E-state index contributed by atoms with van der Waals surface area (Å²) in [6.07, 6.45) is 2.65. The van der Waals surface area contributed by atoms with Crippen molar-refractivity contribution in [2.24, 2.45) is 0 Å². The molecule has 96 valence electrons.